The largest absolute Gasteiger partial charge is 0.495 e. The van der Waals surface area contributed by atoms with Gasteiger partial charge in [0.1, 0.15) is 5.75 Å². The second-order valence-electron chi connectivity index (χ2n) is 6.91. The van der Waals surface area contributed by atoms with E-state index in [0.717, 1.165) is 32.1 Å². The molecular formula is C18H26N2O4S. The first-order valence-electron chi connectivity index (χ1n) is 8.91. The predicted octanol–water partition coefficient (Wildman–Crippen LogP) is 3.00. The molecule has 138 valence electrons. The molecule has 2 aliphatic rings. The molecule has 1 aromatic rings. The van der Waals surface area contributed by atoms with Crippen molar-refractivity contribution in [3.05, 3.63) is 18.2 Å². The van der Waals surface area contributed by atoms with Crippen LogP contribution in [0.2, 0.25) is 0 Å². The van der Waals surface area contributed by atoms with Gasteiger partial charge in [0.15, 0.2) is 0 Å². The van der Waals surface area contributed by atoms with Crippen molar-refractivity contribution in [3.63, 3.8) is 0 Å². The van der Waals surface area contributed by atoms with Crippen LogP contribution >= 0.6 is 0 Å². The Labute approximate surface area is 149 Å². The number of carbonyl (C=O) groups is 1. The molecule has 25 heavy (non-hydrogen) atoms. The highest BCUT2D eigenvalue weighted by Gasteiger charge is 2.40. The van der Waals surface area contributed by atoms with Gasteiger partial charge in [-0.25, -0.2) is 8.42 Å². The maximum atomic E-state index is 13.2. The summed E-state index contributed by atoms with van der Waals surface area (Å²) in [4.78, 5) is 11.5. The van der Waals surface area contributed by atoms with Crippen molar-refractivity contribution in [2.45, 2.75) is 56.4 Å². The molecule has 1 saturated carbocycles. The topological polar surface area (TPSA) is 75.7 Å². The van der Waals surface area contributed by atoms with Crippen LogP contribution in [0.4, 0.5) is 5.69 Å². The Morgan fingerprint density at radius 2 is 1.92 bits per heavy atom. The number of ether oxygens (including phenoxy) is 1. The minimum Gasteiger partial charge on any atom is -0.495 e. The average molecular weight is 366 g/mol. The van der Waals surface area contributed by atoms with E-state index in [4.69, 9.17) is 4.74 Å². The van der Waals surface area contributed by atoms with Gasteiger partial charge < -0.3 is 10.1 Å². The van der Waals surface area contributed by atoms with E-state index in [9.17, 15) is 13.2 Å². The summed E-state index contributed by atoms with van der Waals surface area (Å²) in [6.45, 7) is 1.99. The summed E-state index contributed by atoms with van der Waals surface area (Å²) in [5.41, 5.74) is 0.475. The normalized spacial score (nSPS) is 24.4. The zero-order valence-electron chi connectivity index (χ0n) is 14.8. The molecule has 1 saturated heterocycles. The molecule has 0 aromatic heterocycles. The lowest BCUT2D eigenvalue weighted by Crippen LogP contribution is -2.49. The van der Waals surface area contributed by atoms with Gasteiger partial charge in [-0.15, -0.1) is 0 Å². The summed E-state index contributed by atoms with van der Waals surface area (Å²) >= 11 is 0. The first-order valence-corrected chi connectivity index (χ1v) is 10.3. The third-order valence-corrected chi connectivity index (χ3v) is 7.20. The molecule has 0 spiro atoms. The SMILES string of the molecule is COc1cc(S(=O)(=O)N2CCC[C@@H]3CCCC[C@H]32)ccc1NC(C)=O. The molecule has 1 N–H and O–H groups in total. The molecular weight excluding hydrogens is 340 g/mol. The quantitative estimate of drug-likeness (QED) is 0.889. The summed E-state index contributed by atoms with van der Waals surface area (Å²) in [7, 11) is -2.10. The number of hydrogen-bond donors (Lipinski definition) is 1. The highest BCUT2D eigenvalue weighted by Crippen LogP contribution is 2.39. The monoisotopic (exact) mass is 366 g/mol. The zero-order valence-corrected chi connectivity index (χ0v) is 15.6. The van der Waals surface area contributed by atoms with Crippen LogP contribution in [-0.2, 0) is 14.8 Å². The molecule has 7 heteroatoms. The van der Waals surface area contributed by atoms with Gasteiger partial charge >= 0.3 is 0 Å². The third-order valence-electron chi connectivity index (χ3n) is 5.28. The van der Waals surface area contributed by atoms with Crippen LogP contribution in [0.1, 0.15) is 45.4 Å². The number of piperidine rings is 1. The van der Waals surface area contributed by atoms with Gasteiger partial charge in [0.25, 0.3) is 0 Å². The summed E-state index contributed by atoms with van der Waals surface area (Å²) in [6.07, 6.45) is 6.42. The van der Waals surface area contributed by atoms with Crippen LogP contribution < -0.4 is 10.1 Å². The Morgan fingerprint density at radius 1 is 1.20 bits per heavy atom. The van der Waals surface area contributed by atoms with Gasteiger partial charge in [-0.3, -0.25) is 4.79 Å². The molecule has 2 fully saturated rings. The number of sulfonamides is 1. The van der Waals surface area contributed by atoms with E-state index >= 15 is 0 Å². The maximum Gasteiger partial charge on any atom is 0.243 e. The number of carbonyl (C=O) groups excluding carboxylic acids is 1. The lowest BCUT2D eigenvalue weighted by Gasteiger charge is -2.43. The summed E-state index contributed by atoms with van der Waals surface area (Å²) in [5.74, 6) is 0.612. The number of rotatable bonds is 4. The van der Waals surface area contributed by atoms with E-state index in [1.54, 1.807) is 16.4 Å². The van der Waals surface area contributed by atoms with Gasteiger partial charge in [0.05, 0.1) is 17.7 Å². The van der Waals surface area contributed by atoms with E-state index in [0.29, 0.717) is 23.9 Å². The summed E-state index contributed by atoms with van der Waals surface area (Å²) in [5, 5.41) is 2.66. The van der Waals surface area contributed by atoms with Crippen molar-refractivity contribution in [2.24, 2.45) is 5.92 Å². The maximum absolute atomic E-state index is 13.2. The second-order valence-corrected chi connectivity index (χ2v) is 8.80. The average Bonchev–Trinajstić information content (AvgIpc) is 2.61. The van der Waals surface area contributed by atoms with Crippen molar-refractivity contribution in [1.29, 1.82) is 0 Å². The van der Waals surface area contributed by atoms with Crippen molar-refractivity contribution in [2.75, 3.05) is 19.0 Å². The van der Waals surface area contributed by atoms with Crippen LogP contribution in [0.15, 0.2) is 23.1 Å². The van der Waals surface area contributed by atoms with Crippen LogP contribution in [0.25, 0.3) is 0 Å². The van der Waals surface area contributed by atoms with E-state index in [-0.39, 0.29) is 16.8 Å². The Kier molecular flexibility index (Phi) is 5.34. The number of methoxy groups -OCH3 is 1. The van der Waals surface area contributed by atoms with Crippen LogP contribution in [0.5, 0.6) is 5.75 Å². The summed E-state index contributed by atoms with van der Waals surface area (Å²) < 4.78 is 33.4. The van der Waals surface area contributed by atoms with Crippen LogP contribution in [0, 0.1) is 5.92 Å². The van der Waals surface area contributed by atoms with E-state index < -0.39 is 10.0 Å². The van der Waals surface area contributed by atoms with E-state index in [1.807, 2.05) is 0 Å². The minimum atomic E-state index is -3.57. The van der Waals surface area contributed by atoms with Crippen molar-refractivity contribution in [1.82, 2.24) is 4.31 Å². The molecule has 0 bridgehead atoms. The molecule has 3 rings (SSSR count). The molecule has 1 aliphatic heterocycles. The Hall–Kier alpha value is -1.60. The van der Waals surface area contributed by atoms with Gasteiger partial charge in [0, 0.05) is 25.6 Å². The fourth-order valence-corrected chi connectivity index (χ4v) is 5.91. The van der Waals surface area contributed by atoms with Gasteiger partial charge in [-0.2, -0.15) is 4.31 Å². The molecule has 0 unspecified atom stereocenters. The van der Waals surface area contributed by atoms with Crippen molar-refractivity contribution < 1.29 is 17.9 Å². The van der Waals surface area contributed by atoms with Crippen LogP contribution in [0.3, 0.4) is 0 Å². The second kappa shape index (κ2) is 7.33. The fourth-order valence-electron chi connectivity index (χ4n) is 4.14. The Balaban J connectivity index is 1.92. The molecule has 1 aromatic carbocycles. The standard InChI is InChI=1S/C18H26N2O4S/c1-13(21)19-16-10-9-15(12-18(16)24-2)25(22,23)20-11-5-7-14-6-3-4-8-17(14)20/h9-10,12,14,17H,3-8,11H2,1-2H3,(H,19,21)/t14-,17+/m0/s1. The van der Waals surface area contributed by atoms with Crippen molar-refractivity contribution in [3.8, 4) is 5.75 Å². The smallest absolute Gasteiger partial charge is 0.243 e. The van der Waals surface area contributed by atoms with Gasteiger partial charge in [0.2, 0.25) is 15.9 Å². The first-order chi connectivity index (χ1) is 11.9. The Bertz CT molecular complexity index is 745. The zero-order chi connectivity index (χ0) is 18.0. The first kappa shape index (κ1) is 18.2. The van der Waals surface area contributed by atoms with Crippen LogP contribution in [-0.4, -0.2) is 38.3 Å². The number of hydrogen-bond acceptors (Lipinski definition) is 4. The number of anilines is 1. The fraction of sp³-hybridized carbons (Fsp3) is 0.611. The lowest BCUT2D eigenvalue weighted by molar-refractivity contribution is -0.114. The number of nitrogens with zero attached hydrogens (tertiary/aromatic N) is 1. The predicted molar refractivity (Wildman–Crippen MR) is 96.2 cm³/mol. The molecule has 2 atom stereocenters. The third kappa shape index (κ3) is 3.67. The molecule has 1 amide bonds. The van der Waals surface area contributed by atoms with Gasteiger partial charge in [-0.05, 0) is 43.7 Å². The number of amides is 1. The number of nitrogens with one attached hydrogen (secondary N) is 1. The minimum absolute atomic E-state index is 0.119. The highest BCUT2D eigenvalue weighted by atomic mass is 32.2. The molecule has 6 nitrogen and oxygen atoms in total. The van der Waals surface area contributed by atoms with Gasteiger partial charge in [-0.1, -0.05) is 12.8 Å². The van der Waals surface area contributed by atoms with E-state index in [1.165, 1.54) is 26.5 Å². The molecule has 1 aliphatic carbocycles. The lowest BCUT2D eigenvalue weighted by atomic mass is 9.79. The van der Waals surface area contributed by atoms with Crippen molar-refractivity contribution >= 4 is 21.6 Å². The highest BCUT2D eigenvalue weighted by molar-refractivity contribution is 7.89. The number of benzene rings is 1. The molecule has 0 radical (unpaired) electrons. The Morgan fingerprint density at radius 3 is 2.64 bits per heavy atom. The number of fused-ring (bicyclic) bond motifs is 1. The molecule has 1 heterocycles. The summed E-state index contributed by atoms with van der Waals surface area (Å²) in [6, 6.07) is 4.77. The van der Waals surface area contributed by atoms with E-state index in [2.05, 4.69) is 5.32 Å².